The van der Waals surface area contributed by atoms with Crippen molar-refractivity contribution in [3.05, 3.63) is 63.8 Å². The summed E-state index contributed by atoms with van der Waals surface area (Å²) in [6.45, 7) is 1.47. The molecule has 5 nitrogen and oxygen atoms in total. The second-order valence-corrected chi connectivity index (χ2v) is 7.17. The van der Waals surface area contributed by atoms with Gasteiger partial charge in [-0.2, -0.15) is 0 Å². The zero-order valence-corrected chi connectivity index (χ0v) is 16.5. The molecule has 1 aromatic heterocycles. The topological polar surface area (TPSA) is 61.8 Å². The van der Waals surface area contributed by atoms with Gasteiger partial charge >= 0.3 is 5.97 Å². The van der Waals surface area contributed by atoms with Crippen molar-refractivity contribution < 1.29 is 28.2 Å². The van der Waals surface area contributed by atoms with Crippen LogP contribution in [0, 0.1) is 5.82 Å². The summed E-state index contributed by atoms with van der Waals surface area (Å²) in [6, 6.07) is 9.63. The summed E-state index contributed by atoms with van der Waals surface area (Å²) in [6.07, 6.45) is 0. The Morgan fingerprint density at radius 2 is 1.89 bits per heavy atom. The normalized spacial score (nSPS) is 10.9. The summed E-state index contributed by atoms with van der Waals surface area (Å²) >= 11 is 1.16. The molecule has 2 aromatic carbocycles. The van der Waals surface area contributed by atoms with Crippen LogP contribution in [0.5, 0.6) is 5.75 Å². The van der Waals surface area contributed by atoms with Gasteiger partial charge in [-0.05, 0) is 37.3 Å². The number of ketones is 1. The van der Waals surface area contributed by atoms with Crippen LogP contribution >= 0.6 is 11.3 Å². The van der Waals surface area contributed by atoms with Crippen LogP contribution in [0.15, 0.2) is 36.4 Å². The molecule has 0 unspecified atom stereocenters. The highest BCUT2D eigenvalue weighted by molar-refractivity contribution is 7.21. The average Bonchev–Trinajstić information content (AvgIpc) is 3.06. The Balaban J connectivity index is 1.90. The van der Waals surface area contributed by atoms with E-state index in [9.17, 15) is 14.0 Å². The number of halogens is 1. The molecule has 0 spiro atoms. The molecule has 0 aliphatic carbocycles. The molecule has 0 aliphatic rings. The SMILES string of the molecule is COCc1c(C(=O)OCc2cc(C(C)=O)ccc2OC)sc2cccc(F)c12. The van der Waals surface area contributed by atoms with Crippen LogP contribution < -0.4 is 4.74 Å². The molecule has 0 amide bonds. The van der Waals surface area contributed by atoms with E-state index in [1.54, 1.807) is 30.3 Å². The molecular formula is C21H19FO5S. The number of fused-ring (bicyclic) bond motifs is 1. The number of Topliss-reactive ketones (excluding diaryl/α,β-unsaturated/α-hetero) is 1. The number of carbonyl (C=O) groups excluding carboxylic acids is 2. The highest BCUT2D eigenvalue weighted by Crippen LogP contribution is 2.34. The van der Waals surface area contributed by atoms with Crippen molar-refractivity contribution in [1.29, 1.82) is 0 Å². The molecule has 0 N–H and O–H groups in total. The van der Waals surface area contributed by atoms with Gasteiger partial charge in [0.15, 0.2) is 5.78 Å². The molecule has 0 radical (unpaired) electrons. The monoisotopic (exact) mass is 402 g/mol. The molecule has 0 saturated carbocycles. The number of esters is 1. The van der Waals surface area contributed by atoms with E-state index in [1.807, 2.05) is 0 Å². The Morgan fingerprint density at radius 1 is 1.11 bits per heavy atom. The first-order valence-corrected chi connectivity index (χ1v) is 9.31. The molecule has 0 bridgehead atoms. The van der Waals surface area contributed by atoms with Gasteiger partial charge in [0.1, 0.15) is 23.1 Å². The predicted molar refractivity (Wildman–Crippen MR) is 105 cm³/mol. The summed E-state index contributed by atoms with van der Waals surface area (Å²) in [4.78, 5) is 24.6. The summed E-state index contributed by atoms with van der Waals surface area (Å²) in [5, 5.41) is 0.373. The number of carbonyl (C=O) groups is 2. The second-order valence-electron chi connectivity index (χ2n) is 6.11. The van der Waals surface area contributed by atoms with Crippen molar-refractivity contribution in [2.24, 2.45) is 0 Å². The van der Waals surface area contributed by atoms with E-state index in [2.05, 4.69) is 0 Å². The second kappa shape index (κ2) is 8.50. The average molecular weight is 402 g/mol. The standard InChI is InChI=1S/C21H19FO5S/c1-12(23)13-7-8-17(26-3)14(9-13)10-27-21(24)20-15(11-25-2)19-16(22)5-4-6-18(19)28-20/h4-9H,10-11H2,1-3H3. The first-order valence-electron chi connectivity index (χ1n) is 8.50. The molecule has 0 saturated heterocycles. The van der Waals surface area contributed by atoms with E-state index < -0.39 is 11.8 Å². The van der Waals surface area contributed by atoms with Crippen LogP contribution in [0.1, 0.15) is 38.1 Å². The summed E-state index contributed by atoms with van der Waals surface area (Å²) in [5.74, 6) is -0.575. The van der Waals surface area contributed by atoms with Crippen LogP contribution in [0.4, 0.5) is 4.39 Å². The van der Waals surface area contributed by atoms with Crippen LogP contribution in [0.25, 0.3) is 10.1 Å². The van der Waals surface area contributed by atoms with Gasteiger partial charge in [-0.3, -0.25) is 4.79 Å². The van der Waals surface area contributed by atoms with Gasteiger partial charge in [0.25, 0.3) is 0 Å². The first-order chi connectivity index (χ1) is 13.5. The third-order valence-electron chi connectivity index (χ3n) is 4.28. The molecule has 0 atom stereocenters. The fourth-order valence-corrected chi connectivity index (χ4v) is 4.05. The lowest BCUT2D eigenvalue weighted by Crippen LogP contribution is -2.08. The smallest absolute Gasteiger partial charge is 0.349 e. The third kappa shape index (κ3) is 3.90. The molecule has 7 heteroatoms. The minimum Gasteiger partial charge on any atom is -0.496 e. The number of ether oxygens (including phenoxy) is 3. The van der Waals surface area contributed by atoms with Gasteiger partial charge in [-0.1, -0.05) is 6.07 Å². The number of methoxy groups -OCH3 is 2. The summed E-state index contributed by atoms with van der Waals surface area (Å²) in [7, 11) is 2.98. The number of hydrogen-bond donors (Lipinski definition) is 0. The molecule has 3 aromatic rings. The lowest BCUT2D eigenvalue weighted by atomic mass is 10.1. The van der Waals surface area contributed by atoms with Crippen molar-refractivity contribution in [2.45, 2.75) is 20.1 Å². The maximum absolute atomic E-state index is 14.3. The minimum absolute atomic E-state index is 0.0771. The molecule has 3 rings (SSSR count). The lowest BCUT2D eigenvalue weighted by molar-refractivity contribution is 0.0472. The van der Waals surface area contributed by atoms with Gasteiger partial charge in [0.05, 0.1) is 13.7 Å². The van der Waals surface area contributed by atoms with E-state index in [0.717, 1.165) is 11.3 Å². The Morgan fingerprint density at radius 3 is 2.57 bits per heavy atom. The van der Waals surface area contributed by atoms with Gasteiger partial charge in [-0.15, -0.1) is 11.3 Å². The molecule has 28 heavy (non-hydrogen) atoms. The van der Waals surface area contributed by atoms with E-state index in [1.165, 1.54) is 27.2 Å². The maximum Gasteiger partial charge on any atom is 0.349 e. The summed E-state index contributed by atoms with van der Waals surface area (Å²) < 4.78 is 30.8. The highest BCUT2D eigenvalue weighted by Gasteiger charge is 2.22. The van der Waals surface area contributed by atoms with E-state index >= 15 is 0 Å². The first kappa shape index (κ1) is 20.0. The third-order valence-corrected chi connectivity index (χ3v) is 5.46. The number of rotatable bonds is 7. The molecule has 146 valence electrons. The quantitative estimate of drug-likeness (QED) is 0.421. The van der Waals surface area contributed by atoms with E-state index in [4.69, 9.17) is 14.2 Å². The Labute approximate surface area is 165 Å². The van der Waals surface area contributed by atoms with E-state index in [-0.39, 0.29) is 19.0 Å². The van der Waals surface area contributed by atoms with Gasteiger partial charge in [0, 0.05) is 33.9 Å². The van der Waals surface area contributed by atoms with E-state index in [0.29, 0.717) is 37.4 Å². The zero-order valence-electron chi connectivity index (χ0n) is 15.7. The largest absolute Gasteiger partial charge is 0.496 e. The van der Waals surface area contributed by atoms with Gasteiger partial charge < -0.3 is 14.2 Å². The van der Waals surface area contributed by atoms with Crippen molar-refractivity contribution >= 4 is 33.2 Å². The predicted octanol–water partition coefficient (Wildman–Crippen LogP) is 4.76. The molecule has 0 aliphatic heterocycles. The molecule has 0 fully saturated rings. The van der Waals surface area contributed by atoms with Crippen LogP contribution in [-0.2, 0) is 22.7 Å². The lowest BCUT2D eigenvalue weighted by Gasteiger charge is -2.11. The van der Waals surface area contributed by atoms with Crippen molar-refractivity contribution in [3.63, 3.8) is 0 Å². The van der Waals surface area contributed by atoms with Crippen molar-refractivity contribution in [1.82, 2.24) is 0 Å². The number of benzene rings is 2. The van der Waals surface area contributed by atoms with Crippen molar-refractivity contribution in [3.8, 4) is 5.75 Å². The summed E-state index contributed by atoms with van der Waals surface area (Å²) in [5.41, 5.74) is 1.54. The highest BCUT2D eigenvalue weighted by atomic mass is 32.1. The fourth-order valence-electron chi connectivity index (χ4n) is 2.93. The molecular weight excluding hydrogens is 383 g/mol. The maximum atomic E-state index is 14.3. The number of thiophene rings is 1. The van der Waals surface area contributed by atoms with Crippen LogP contribution in [0.2, 0.25) is 0 Å². The van der Waals surface area contributed by atoms with Crippen LogP contribution in [-0.4, -0.2) is 26.0 Å². The zero-order chi connectivity index (χ0) is 20.3. The van der Waals surface area contributed by atoms with Gasteiger partial charge in [0.2, 0.25) is 0 Å². The van der Waals surface area contributed by atoms with Crippen LogP contribution in [0.3, 0.4) is 0 Å². The number of hydrogen-bond acceptors (Lipinski definition) is 6. The van der Waals surface area contributed by atoms with Crippen molar-refractivity contribution in [2.75, 3.05) is 14.2 Å². The minimum atomic E-state index is -0.581. The Bertz CT molecular complexity index is 1040. The Kier molecular flexibility index (Phi) is 6.06. The fraction of sp³-hybridized carbons (Fsp3) is 0.238. The Hall–Kier alpha value is -2.77. The molecule has 1 heterocycles. The van der Waals surface area contributed by atoms with Gasteiger partial charge in [-0.25, -0.2) is 9.18 Å².